The largest absolute Gasteiger partial charge is 0.507 e. The lowest BCUT2D eigenvalue weighted by atomic mass is 9.95. The molecule has 0 unspecified atom stereocenters. The molecule has 5 aromatic rings. The van der Waals surface area contributed by atoms with E-state index in [0.29, 0.717) is 39.5 Å². The summed E-state index contributed by atoms with van der Waals surface area (Å²) in [5.74, 6) is -1.04. The van der Waals surface area contributed by atoms with E-state index in [9.17, 15) is 23.8 Å². The van der Waals surface area contributed by atoms with E-state index in [1.165, 1.54) is 59.3 Å². The Morgan fingerprint density at radius 3 is 2.11 bits per heavy atom. The molecule has 0 saturated carbocycles. The summed E-state index contributed by atoms with van der Waals surface area (Å²) < 4.78 is 34.9. The van der Waals surface area contributed by atoms with Crippen LogP contribution in [0, 0.1) is 11.6 Å². The molecule has 0 bridgehead atoms. The Kier molecular flexibility index (Phi) is 6.32. The number of aromatic nitrogens is 2. The first-order chi connectivity index (χ1) is 21.3. The molecule has 8 nitrogen and oxygen atoms in total. The minimum atomic E-state index is -0.508. The van der Waals surface area contributed by atoms with Crippen LogP contribution in [0.4, 0.5) is 14.5 Å². The number of nitrogens with zero attached hydrogens (tertiary/aromatic N) is 4. The second-order valence-corrected chi connectivity index (χ2v) is 10.2. The number of phenols is 1. The lowest BCUT2D eigenvalue weighted by Gasteiger charge is -2.19. The van der Waals surface area contributed by atoms with E-state index in [0.717, 1.165) is 5.01 Å². The number of ether oxygens (including phenoxy) is 1. The summed E-state index contributed by atoms with van der Waals surface area (Å²) in [6.07, 6.45) is 1.60. The number of aromatic hydroxyl groups is 2. The van der Waals surface area contributed by atoms with Crippen molar-refractivity contribution < 1.29 is 28.5 Å². The summed E-state index contributed by atoms with van der Waals surface area (Å²) in [7, 11) is 0. The molecule has 0 fully saturated rings. The van der Waals surface area contributed by atoms with Crippen LogP contribution >= 0.6 is 0 Å². The number of carbonyl (C=O) groups excluding carboxylic acids is 1. The van der Waals surface area contributed by atoms with Crippen LogP contribution in [0.25, 0.3) is 22.7 Å². The zero-order chi connectivity index (χ0) is 30.5. The van der Waals surface area contributed by atoms with Crippen molar-refractivity contribution in [2.45, 2.75) is 6.92 Å². The predicted molar refractivity (Wildman–Crippen MR) is 160 cm³/mol. The number of halogens is 2. The Labute approximate surface area is 249 Å². The Bertz CT molecular complexity index is 2060. The molecule has 0 radical (unpaired) electrons. The highest BCUT2D eigenvalue weighted by molar-refractivity contribution is 6.36. The molecule has 7 rings (SSSR count). The number of para-hydroxylation sites is 2. The van der Waals surface area contributed by atoms with Gasteiger partial charge in [0.1, 0.15) is 45.9 Å². The molecule has 4 aromatic carbocycles. The smallest absolute Gasteiger partial charge is 0.281 e. The molecule has 0 atom stereocenters. The number of fused-ring (bicyclic) bond motifs is 3. The van der Waals surface area contributed by atoms with Crippen LogP contribution < -0.4 is 9.75 Å². The second kappa shape index (κ2) is 10.4. The first-order valence-electron chi connectivity index (χ1n) is 13.6. The first-order valence-corrected chi connectivity index (χ1v) is 13.6. The maximum absolute atomic E-state index is 13.9. The van der Waals surface area contributed by atoms with Crippen LogP contribution in [0.5, 0.6) is 17.4 Å². The molecule has 3 heterocycles. The van der Waals surface area contributed by atoms with Crippen molar-refractivity contribution in [3.05, 3.63) is 137 Å². The summed E-state index contributed by atoms with van der Waals surface area (Å²) in [6.45, 7) is 1.69. The number of benzene rings is 4. The molecule has 1 amide bonds. The van der Waals surface area contributed by atoms with E-state index in [1.54, 1.807) is 43.3 Å². The van der Waals surface area contributed by atoms with Crippen LogP contribution in [-0.2, 0) is 4.79 Å². The Morgan fingerprint density at radius 1 is 0.818 bits per heavy atom. The van der Waals surface area contributed by atoms with Crippen molar-refractivity contribution in [2.75, 3.05) is 5.01 Å². The van der Waals surface area contributed by atoms with E-state index >= 15 is 0 Å². The summed E-state index contributed by atoms with van der Waals surface area (Å²) in [4.78, 5) is 13.9. The van der Waals surface area contributed by atoms with Gasteiger partial charge in [-0.15, -0.1) is 0 Å². The Hall–Kier alpha value is -6.03. The molecule has 44 heavy (non-hydrogen) atoms. The van der Waals surface area contributed by atoms with E-state index < -0.39 is 17.5 Å². The molecule has 2 aliphatic heterocycles. The van der Waals surface area contributed by atoms with Crippen molar-refractivity contribution in [1.29, 1.82) is 0 Å². The maximum Gasteiger partial charge on any atom is 0.281 e. The minimum absolute atomic E-state index is 0.0821. The monoisotopic (exact) mass is 588 g/mol. The van der Waals surface area contributed by atoms with Crippen LogP contribution in [0.3, 0.4) is 0 Å². The van der Waals surface area contributed by atoms with Gasteiger partial charge in [-0.05, 0) is 91.4 Å². The summed E-state index contributed by atoms with van der Waals surface area (Å²) in [5.41, 5.74) is 3.21. The average molecular weight is 589 g/mol. The lowest BCUT2D eigenvalue weighted by Crippen LogP contribution is -2.22. The van der Waals surface area contributed by atoms with Gasteiger partial charge in [0, 0.05) is 11.1 Å². The van der Waals surface area contributed by atoms with Crippen LogP contribution in [0.15, 0.2) is 119 Å². The number of amides is 1. The Morgan fingerprint density at radius 2 is 1.43 bits per heavy atom. The second-order valence-electron chi connectivity index (χ2n) is 10.2. The van der Waals surface area contributed by atoms with Crippen LogP contribution in [0.1, 0.15) is 18.1 Å². The number of phenolic OH excluding ortho intramolecular Hbond substituents is 1. The third-order valence-corrected chi connectivity index (χ3v) is 7.36. The van der Waals surface area contributed by atoms with Gasteiger partial charge in [0.2, 0.25) is 5.88 Å². The van der Waals surface area contributed by atoms with Gasteiger partial charge in [-0.1, -0.05) is 24.3 Å². The van der Waals surface area contributed by atoms with Crippen molar-refractivity contribution in [1.82, 2.24) is 9.78 Å². The van der Waals surface area contributed by atoms with Crippen LogP contribution in [-0.4, -0.2) is 31.6 Å². The van der Waals surface area contributed by atoms with Gasteiger partial charge in [0.15, 0.2) is 0 Å². The zero-order valence-corrected chi connectivity index (χ0v) is 23.1. The number of anilines is 1. The third-order valence-electron chi connectivity index (χ3n) is 7.36. The fourth-order valence-corrected chi connectivity index (χ4v) is 5.26. The highest BCUT2D eigenvalue weighted by atomic mass is 19.1. The molecule has 216 valence electrons. The molecule has 2 N–H and O–H groups in total. The predicted octanol–water partition coefficient (Wildman–Crippen LogP) is 6.73. The topological polar surface area (TPSA) is 100 Å². The number of hydrogen-bond donors (Lipinski definition) is 2. The molecule has 0 spiro atoms. The van der Waals surface area contributed by atoms with Gasteiger partial charge in [-0.3, -0.25) is 4.79 Å². The van der Waals surface area contributed by atoms with Crippen molar-refractivity contribution in [3.8, 4) is 34.3 Å². The molecule has 1 aromatic heterocycles. The van der Waals surface area contributed by atoms with E-state index in [4.69, 9.17) is 4.74 Å². The number of hydrazone groups is 1. The standard InChI is InChI=1S/C34H22F2N4O4/c1-19(29-31(24-6-2-4-8-26(24)41)37-39(33(29)42)22-14-10-20(35)11-15-22)18-28-30-32(25-7-3-5-9-27(25)44-28)38-40(34(30)43)23-16-12-21(36)13-17-23/h2-18,41,43H,1H3/b28-18-,29-19-. The molecular formula is C34H22F2N4O4. The number of rotatable bonds is 4. The fraction of sp³-hybridized carbons (Fsp3) is 0.0294. The highest BCUT2D eigenvalue weighted by Crippen LogP contribution is 2.46. The van der Waals surface area contributed by atoms with E-state index in [-0.39, 0.29) is 34.2 Å². The number of carbonyl (C=O) groups is 1. The van der Waals surface area contributed by atoms with Gasteiger partial charge in [-0.25, -0.2) is 8.78 Å². The van der Waals surface area contributed by atoms with E-state index in [2.05, 4.69) is 10.2 Å². The van der Waals surface area contributed by atoms with Crippen molar-refractivity contribution >= 4 is 23.1 Å². The molecule has 2 aliphatic rings. The van der Waals surface area contributed by atoms with Gasteiger partial charge in [-0.2, -0.15) is 19.9 Å². The highest BCUT2D eigenvalue weighted by Gasteiger charge is 2.36. The van der Waals surface area contributed by atoms with E-state index in [1.807, 2.05) is 12.1 Å². The number of allylic oxidation sites excluding steroid dienone is 2. The normalized spacial score (nSPS) is 16.0. The maximum atomic E-state index is 13.9. The first kappa shape index (κ1) is 26.8. The van der Waals surface area contributed by atoms with Gasteiger partial charge in [0.25, 0.3) is 5.91 Å². The molecule has 10 heteroatoms. The average Bonchev–Trinajstić information content (AvgIpc) is 3.55. The molecular weight excluding hydrogens is 566 g/mol. The summed E-state index contributed by atoms with van der Waals surface area (Å²) in [6, 6.07) is 24.5. The number of hydrogen-bond acceptors (Lipinski definition) is 6. The van der Waals surface area contributed by atoms with Crippen molar-refractivity contribution in [2.24, 2.45) is 5.10 Å². The quantitative estimate of drug-likeness (QED) is 0.227. The SMILES string of the molecule is CC(/C=C1\Oc2ccccc2-c2nn(-c3ccc(F)cc3)c(O)c21)=C1/C(=O)N(c2ccc(F)cc2)N=C1c1ccccc1O. The lowest BCUT2D eigenvalue weighted by molar-refractivity contribution is -0.114. The minimum Gasteiger partial charge on any atom is -0.507 e. The van der Waals surface area contributed by atoms with Crippen molar-refractivity contribution in [3.63, 3.8) is 0 Å². The summed E-state index contributed by atoms with van der Waals surface area (Å²) >= 11 is 0. The summed E-state index contributed by atoms with van der Waals surface area (Å²) in [5, 5.41) is 32.4. The Balaban J connectivity index is 1.41. The fourth-order valence-electron chi connectivity index (χ4n) is 5.26. The zero-order valence-electron chi connectivity index (χ0n) is 23.1. The molecule has 0 aliphatic carbocycles. The van der Waals surface area contributed by atoms with Gasteiger partial charge < -0.3 is 14.9 Å². The third kappa shape index (κ3) is 4.40. The molecule has 0 saturated heterocycles. The van der Waals surface area contributed by atoms with Gasteiger partial charge >= 0.3 is 0 Å². The van der Waals surface area contributed by atoms with Crippen LogP contribution in [0.2, 0.25) is 0 Å². The van der Waals surface area contributed by atoms with Gasteiger partial charge in [0.05, 0.1) is 16.9 Å².